The monoisotopic (exact) mass is 511 g/mol. The van der Waals surface area contributed by atoms with Gasteiger partial charge in [-0.15, -0.1) is 0 Å². The lowest BCUT2D eigenvalue weighted by molar-refractivity contribution is -0.0627. The van der Waals surface area contributed by atoms with E-state index < -0.39 is 20.0 Å². The van der Waals surface area contributed by atoms with Gasteiger partial charge in [0.25, 0.3) is 8.32 Å². The Hall–Kier alpha value is -1.86. The second kappa shape index (κ2) is 10.9. The zero-order chi connectivity index (χ0) is 26.1. The van der Waals surface area contributed by atoms with E-state index >= 15 is 0 Å². The van der Waals surface area contributed by atoms with Gasteiger partial charge < -0.3 is 19.4 Å². The second-order valence-electron chi connectivity index (χ2n) is 11.9. The number of piperidine rings is 1. The van der Waals surface area contributed by atoms with E-state index in [-0.39, 0.29) is 6.04 Å². The molecule has 36 heavy (non-hydrogen) atoms. The van der Waals surface area contributed by atoms with Crippen LogP contribution < -0.4 is 9.16 Å². The maximum atomic E-state index is 11.3. The van der Waals surface area contributed by atoms with Crippen LogP contribution in [0.3, 0.4) is 0 Å². The Morgan fingerprint density at radius 1 is 0.972 bits per heavy atom. The Bertz CT molecular complexity index is 979. The standard InChI is InChI=1S/C30H45NO4Si/c1-21(2)36(22(3)4,23(5)6)35-25-12-13-26-28(18-25)34-20-27(29(26)32)31-16-14-30(33,15-17-31)19-24-10-8-7-9-11-24/h7-13,18,21-23,27,29,32-33H,14-17,19-20H2,1-6H3/t27-,29+/m1/s1. The first kappa shape index (κ1) is 27.2. The molecule has 2 aliphatic rings. The fraction of sp³-hybridized carbons (Fsp3) is 0.600. The van der Waals surface area contributed by atoms with E-state index in [9.17, 15) is 10.2 Å². The van der Waals surface area contributed by atoms with Crippen LogP contribution in [0.1, 0.15) is 71.6 Å². The molecular weight excluding hydrogens is 466 g/mol. The van der Waals surface area contributed by atoms with E-state index in [4.69, 9.17) is 9.16 Å². The van der Waals surface area contributed by atoms with Crippen molar-refractivity contribution in [2.75, 3.05) is 19.7 Å². The lowest BCUT2D eigenvalue weighted by Gasteiger charge is -2.45. The van der Waals surface area contributed by atoms with Gasteiger partial charge in [0.05, 0.1) is 11.6 Å². The van der Waals surface area contributed by atoms with Gasteiger partial charge >= 0.3 is 0 Å². The largest absolute Gasteiger partial charge is 0.543 e. The molecule has 4 rings (SSSR count). The molecule has 0 spiro atoms. The summed E-state index contributed by atoms with van der Waals surface area (Å²) in [5.74, 6) is 1.58. The number of nitrogens with zero attached hydrogens (tertiary/aromatic N) is 1. The normalized spacial score (nSPS) is 22.5. The molecule has 2 heterocycles. The Morgan fingerprint density at radius 3 is 2.17 bits per heavy atom. The maximum Gasteiger partial charge on any atom is 0.258 e. The summed E-state index contributed by atoms with van der Waals surface area (Å²) in [6, 6.07) is 16.1. The van der Waals surface area contributed by atoms with Crippen LogP contribution in [-0.4, -0.2) is 54.8 Å². The molecule has 0 aromatic heterocycles. The molecule has 6 heteroatoms. The van der Waals surface area contributed by atoms with Crippen molar-refractivity contribution in [3.63, 3.8) is 0 Å². The molecule has 0 aliphatic carbocycles. The highest BCUT2D eigenvalue weighted by Gasteiger charge is 2.47. The molecule has 5 nitrogen and oxygen atoms in total. The van der Waals surface area contributed by atoms with Crippen molar-refractivity contribution >= 4 is 8.32 Å². The fourth-order valence-electron chi connectivity index (χ4n) is 6.71. The first-order valence-electron chi connectivity index (χ1n) is 13.7. The minimum absolute atomic E-state index is 0.110. The summed E-state index contributed by atoms with van der Waals surface area (Å²) >= 11 is 0. The van der Waals surface area contributed by atoms with Crippen LogP contribution in [0.2, 0.25) is 16.6 Å². The Morgan fingerprint density at radius 2 is 1.58 bits per heavy atom. The summed E-state index contributed by atoms with van der Waals surface area (Å²) in [6.07, 6.45) is 1.43. The number of hydrogen-bond donors (Lipinski definition) is 2. The van der Waals surface area contributed by atoms with E-state index in [1.54, 1.807) is 0 Å². The Kier molecular flexibility index (Phi) is 8.20. The fourth-order valence-corrected chi connectivity index (χ4v) is 12.0. The predicted octanol–water partition coefficient (Wildman–Crippen LogP) is 6.10. The SMILES string of the molecule is CC(C)[Si](Oc1ccc2c(c1)OC[C@@H](N1CCC(O)(Cc3ccccc3)CC1)[C@H]2O)(C(C)C)C(C)C. The highest BCUT2D eigenvalue weighted by molar-refractivity contribution is 6.78. The minimum Gasteiger partial charge on any atom is -0.543 e. The van der Waals surface area contributed by atoms with Crippen molar-refractivity contribution in [3.05, 3.63) is 59.7 Å². The summed E-state index contributed by atoms with van der Waals surface area (Å²) in [4.78, 5) is 2.28. The van der Waals surface area contributed by atoms with Crippen LogP contribution in [-0.2, 0) is 6.42 Å². The summed E-state index contributed by atoms with van der Waals surface area (Å²) in [6.45, 7) is 15.7. The summed E-state index contributed by atoms with van der Waals surface area (Å²) < 4.78 is 13.1. The van der Waals surface area contributed by atoms with Crippen molar-refractivity contribution in [2.45, 2.75) is 95.2 Å². The highest BCUT2D eigenvalue weighted by atomic mass is 28.4. The first-order chi connectivity index (χ1) is 17.1. The summed E-state index contributed by atoms with van der Waals surface area (Å²) in [7, 11) is -2.06. The maximum absolute atomic E-state index is 11.3. The van der Waals surface area contributed by atoms with Gasteiger partial charge in [-0.25, -0.2) is 0 Å². The third kappa shape index (κ3) is 5.37. The third-order valence-electron chi connectivity index (χ3n) is 8.65. The zero-order valence-electron chi connectivity index (χ0n) is 22.9. The lowest BCUT2D eigenvalue weighted by atomic mass is 9.84. The van der Waals surface area contributed by atoms with Crippen LogP contribution in [0.25, 0.3) is 0 Å². The van der Waals surface area contributed by atoms with Crippen molar-refractivity contribution in [3.8, 4) is 11.5 Å². The van der Waals surface area contributed by atoms with Gasteiger partial charge in [0.2, 0.25) is 0 Å². The molecule has 2 aromatic carbocycles. The van der Waals surface area contributed by atoms with Crippen molar-refractivity contribution in [1.82, 2.24) is 4.90 Å². The van der Waals surface area contributed by atoms with Crippen LogP contribution in [0, 0.1) is 0 Å². The van der Waals surface area contributed by atoms with Gasteiger partial charge in [-0.2, -0.15) is 0 Å². The molecular formula is C30H45NO4Si. The number of aliphatic hydroxyl groups excluding tert-OH is 1. The molecule has 2 aliphatic heterocycles. The molecule has 0 unspecified atom stereocenters. The van der Waals surface area contributed by atoms with Gasteiger partial charge in [-0.3, -0.25) is 4.90 Å². The van der Waals surface area contributed by atoms with Crippen LogP contribution in [0.4, 0.5) is 0 Å². The van der Waals surface area contributed by atoms with Gasteiger partial charge in [-0.05, 0) is 47.2 Å². The molecule has 1 fully saturated rings. The predicted molar refractivity (Wildman–Crippen MR) is 148 cm³/mol. The van der Waals surface area contributed by atoms with Crippen molar-refractivity contribution in [1.29, 1.82) is 0 Å². The molecule has 0 saturated carbocycles. The first-order valence-corrected chi connectivity index (χ1v) is 15.8. The van der Waals surface area contributed by atoms with Crippen LogP contribution in [0.5, 0.6) is 11.5 Å². The molecule has 2 N–H and O–H groups in total. The summed E-state index contributed by atoms with van der Waals surface area (Å²) in [5, 5.41) is 22.5. The number of hydrogen-bond acceptors (Lipinski definition) is 5. The molecule has 0 amide bonds. The highest BCUT2D eigenvalue weighted by Crippen LogP contribution is 2.45. The number of benzene rings is 2. The van der Waals surface area contributed by atoms with Crippen LogP contribution >= 0.6 is 0 Å². The zero-order valence-corrected chi connectivity index (χ0v) is 23.9. The molecule has 2 aromatic rings. The minimum atomic E-state index is -2.06. The van der Waals surface area contributed by atoms with E-state index in [1.165, 1.54) is 5.56 Å². The number of fused-ring (bicyclic) bond motifs is 1. The average molecular weight is 512 g/mol. The van der Waals surface area contributed by atoms with Gasteiger partial charge in [0.1, 0.15) is 24.2 Å². The molecule has 1 saturated heterocycles. The van der Waals surface area contributed by atoms with Crippen LogP contribution in [0.15, 0.2) is 48.5 Å². The lowest BCUT2D eigenvalue weighted by Crippen LogP contribution is -2.53. The topological polar surface area (TPSA) is 62.2 Å². The number of likely N-dealkylation sites (tertiary alicyclic amines) is 1. The Labute approximate surface area is 218 Å². The molecule has 198 valence electrons. The number of rotatable bonds is 8. The molecule has 0 radical (unpaired) electrons. The van der Waals surface area contributed by atoms with Gasteiger partial charge in [-0.1, -0.05) is 71.9 Å². The summed E-state index contributed by atoms with van der Waals surface area (Å²) in [5.41, 5.74) is 2.77. The number of aliphatic hydroxyl groups is 2. The molecule has 0 bridgehead atoms. The van der Waals surface area contributed by atoms with Crippen molar-refractivity contribution in [2.24, 2.45) is 0 Å². The Balaban J connectivity index is 1.43. The smallest absolute Gasteiger partial charge is 0.258 e. The van der Waals surface area contributed by atoms with E-state index in [0.29, 0.717) is 42.5 Å². The van der Waals surface area contributed by atoms with E-state index in [0.717, 1.165) is 30.2 Å². The van der Waals surface area contributed by atoms with Gasteiger partial charge in [0.15, 0.2) is 0 Å². The second-order valence-corrected chi connectivity index (χ2v) is 17.2. The van der Waals surface area contributed by atoms with Gasteiger partial charge in [0, 0.05) is 31.1 Å². The third-order valence-corrected chi connectivity index (χ3v) is 14.7. The van der Waals surface area contributed by atoms with Crippen molar-refractivity contribution < 1.29 is 19.4 Å². The molecule has 2 atom stereocenters. The van der Waals surface area contributed by atoms with E-state index in [1.807, 2.05) is 36.4 Å². The van der Waals surface area contributed by atoms with E-state index in [2.05, 4.69) is 58.6 Å². The average Bonchev–Trinajstić information content (AvgIpc) is 2.83. The number of ether oxygens (including phenoxy) is 1. The quantitative estimate of drug-likeness (QED) is 0.419.